The van der Waals surface area contributed by atoms with Crippen molar-refractivity contribution in [2.45, 2.75) is 72.3 Å². The van der Waals surface area contributed by atoms with Crippen molar-refractivity contribution in [3.63, 3.8) is 0 Å². The van der Waals surface area contributed by atoms with Crippen LogP contribution in [0.25, 0.3) is 0 Å². The molecule has 1 fully saturated rings. The number of hydrogen-bond donors (Lipinski definition) is 1. The van der Waals surface area contributed by atoms with Crippen LogP contribution in [-0.4, -0.2) is 11.2 Å². The first-order valence-electron chi connectivity index (χ1n) is 8.18. The quantitative estimate of drug-likeness (QED) is 0.816. The molecule has 1 unspecified atom stereocenters. The van der Waals surface area contributed by atoms with Crippen molar-refractivity contribution in [1.29, 1.82) is 0 Å². The first kappa shape index (κ1) is 15.6. The Morgan fingerprint density at radius 2 is 1.65 bits per heavy atom. The molecule has 1 heteroatoms. The lowest BCUT2D eigenvalue weighted by molar-refractivity contribution is 0.0132. The van der Waals surface area contributed by atoms with Gasteiger partial charge in [0.1, 0.15) is 0 Å². The summed E-state index contributed by atoms with van der Waals surface area (Å²) in [5.41, 5.74) is 4.17. The van der Waals surface area contributed by atoms with Crippen molar-refractivity contribution in [3.05, 3.63) is 34.9 Å². The number of rotatable bonds is 5. The topological polar surface area (TPSA) is 20.2 Å². The van der Waals surface area contributed by atoms with Crippen molar-refractivity contribution in [3.8, 4) is 0 Å². The summed E-state index contributed by atoms with van der Waals surface area (Å²) in [7, 11) is 0. The van der Waals surface area contributed by atoms with Crippen molar-refractivity contribution < 1.29 is 5.11 Å². The molecule has 112 valence electrons. The van der Waals surface area contributed by atoms with Crippen LogP contribution in [0.2, 0.25) is 0 Å². The van der Waals surface area contributed by atoms with Crippen LogP contribution in [0.5, 0.6) is 0 Å². The minimum Gasteiger partial charge on any atom is -0.392 e. The standard InChI is InChI=1S/C19H30O/c1-14(2)13-19(10-5-6-11-19)18(20)12-17-15(3)8-7-9-16(17)4/h7-9,14,18,20H,5-6,10-13H2,1-4H3. The van der Waals surface area contributed by atoms with Crippen molar-refractivity contribution >= 4 is 0 Å². The second kappa shape index (κ2) is 6.30. The molecule has 1 aliphatic rings. The van der Waals surface area contributed by atoms with E-state index in [4.69, 9.17) is 0 Å². The predicted molar refractivity (Wildman–Crippen MR) is 86.0 cm³/mol. The van der Waals surface area contributed by atoms with Crippen LogP contribution in [0.3, 0.4) is 0 Å². The highest BCUT2D eigenvalue weighted by atomic mass is 16.3. The molecule has 1 atom stereocenters. The third-order valence-electron chi connectivity index (χ3n) is 5.16. The van der Waals surface area contributed by atoms with Gasteiger partial charge in [0.25, 0.3) is 0 Å². The number of aryl methyl sites for hydroxylation is 2. The Morgan fingerprint density at radius 3 is 2.15 bits per heavy atom. The van der Waals surface area contributed by atoms with Crippen LogP contribution in [0.15, 0.2) is 18.2 Å². The Bertz CT molecular complexity index is 421. The summed E-state index contributed by atoms with van der Waals surface area (Å²) in [4.78, 5) is 0. The molecule has 1 nitrogen and oxygen atoms in total. The monoisotopic (exact) mass is 274 g/mol. The average molecular weight is 274 g/mol. The molecule has 1 saturated carbocycles. The van der Waals surface area contributed by atoms with Gasteiger partial charge in [-0.05, 0) is 67.6 Å². The van der Waals surface area contributed by atoms with Crippen LogP contribution in [-0.2, 0) is 6.42 Å². The minimum atomic E-state index is -0.188. The molecule has 0 aliphatic heterocycles. The number of benzene rings is 1. The van der Waals surface area contributed by atoms with E-state index in [1.54, 1.807) is 0 Å². The molecule has 0 heterocycles. The summed E-state index contributed by atoms with van der Waals surface area (Å²) >= 11 is 0. The van der Waals surface area contributed by atoms with E-state index < -0.39 is 0 Å². The zero-order valence-corrected chi connectivity index (χ0v) is 13.6. The smallest absolute Gasteiger partial charge is 0.0637 e. The van der Waals surface area contributed by atoms with E-state index in [0.29, 0.717) is 5.92 Å². The Balaban J connectivity index is 2.19. The Morgan fingerprint density at radius 1 is 1.10 bits per heavy atom. The molecular weight excluding hydrogens is 244 g/mol. The van der Waals surface area contributed by atoms with Crippen LogP contribution in [0.1, 0.15) is 62.6 Å². The van der Waals surface area contributed by atoms with E-state index in [2.05, 4.69) is 45.9 Å². The summed E-state index contributed by atoms with van der Waals surface area (Å²) in [5.74, 6) is 0.667. The van der Waals surface area contributed by atoms with Gasteiger partial charge in [-0.2, -0.15) is 0 Å². The molecule has 1 N–H and O–H groups in total. The number of aliphatic hydroxyl groups excluding tert-OH is 1. The highest BCUT2D eigenvalue weighted by molar-refractivity contribution is 5.34. The largest absolute Gasteiger partial charge is 0.392 e. The second-order valence-corrected chi connectivity index (χ2v) is 7.26. The van der Waals surface area contributed by atoms with Crippen molar-refractivity contribution in [1.82, 2.24) is 0 Å². The Hall–Kier alpha value is -0.820. The summed E-state index contributed by atoms with van der Waals surface area (Å²) in [5, 5.41) is 11.0. The lowest BCUT2D eigenvalue weighted by Gasteiger charge is -2.36. The lowest BCUT2D eigenvalue weighted by Crippen LogP contribution is -2.36. The van der Waals surface area contributed by atoms with Gasteiger partial charge in [-0.1, -0.05) is 44.9 Å². The Kier molecular flexibility index (Phi) is 4.90. The molecule has 1 aromatic carbocycles. The minimum absolute atomic E-state index is 0.170. The SMILES string of the molecule is Cc1cccc(C)c1CC(O)C1(CC(C)C)CCCC1. The summed E-state index contributed by atoms with van der Waals surface area (Å²) < 4.78 is 0. The fourth-order valence-electron chi connectivity index (χ4n) is 4.15. The van der Waals surface area contributed by atoms with Crippen LogP contribution in [0.4, 0.5) is 0 Å². The average Bonchev–Trinajstić information content (AvgIpc) is 2.82. The number of hydrogen-bond acceptors (Lipinski definition) is 1. The van der Waals surface area contributed by atoms with Gasteiger partial charge in [-0.25, -0.2) is 0 Å². The van der Waals surface area contributed by atoms with E-state index >= 15 is 0 Å². The van der Waals surface area contributed by atoms with Crippen LogP contribution in [0, 0.1) is 25.2 Å². The first-order valence-corrected chi connectivity index (χ1v) is 8.18. The van der Waals surface area contributed by atoms with Crippen molar-refractivity contribution in [2.24, 2.45) is 11.3 Å². The fraction of sp³-hybridized carbons (Fsp3) is 0.684. The van der Waals surface area contributed by atoms with Gasteiger partial charge < -0.3 is 5.11 Å². The third kappa shape index (κ3) is 3.25. The van der Waals surface area contributed by atoms with E-state index in [1.807, 2.05) is 0 Å². The van der Waals surface area contributed by atoms with Crippen molar-refractivity contribution in [2.75, 3.05) is 0 Å². The molecule has 0 bridgehead atoms. The van der Waals surface area contributed by atoms with Crippen LogP contribution >= 0.6 is 0 Å². The predicted octanol–water partition coefficient (Wildman–Crippen LogP) is 4.81. The highest BCUT2D eigenvalue weighted by Crippen LogP contribution is 2.47. The fourth-order valence-corrected chi connectivity index (χ4v) is 4.15. The lowest BCUT2D eigenvalue weighted by atomic mass is 9.72. The van der Waals surface area contributed by atoms with Gasteiger partial charge >= 0.3 is 0 Å². The van der Waals surface area contributed by atoms with E-state index in [-0.39, 0.29) is 11.5 Å². The maximum atomic E-state index is 11.0. The summed E-state index contributed by atoms with van der Waals surface area (Å²) in [6.07, 6.45) is 6.79. The molecule has 0 amide bonds. The third-order valence-corrected chi connectivity index (χ3v) is 5.16. The Labute approximate surface area is 124 Å². The summed E-state index contributed by atoms with van der Waals surface area (Å²) in [6.45, 7) is 8.90. The van der Waals surface area contributed by atoms with E-state index in [1.165, 1.54) is 48.8 Å². The molecular formula is C19H30O. The first-order chi connectivity index (χ1) is 9.44. The molecule has 20 heavy (non-hydrogen) atoms. The molecule has 1 aliphatic carbocycles. The van der Waals surface area contributed by atoms with Crippen LogP contribution < -0.4 is 0 Å². The normalized spacial score (nSPS) is 19.5. The molecule has 2 rings (SSSR count). The maximum Gasteiger partial charge on any atom is 0.0637 e. The summed E-state index contributed by atoms with van der Waals surface area (Å²) in [6, 6.07) is 6.44. The highest BCUT2D eigenvalue weighted by Gasteiger charge is 2.40. The van der Waals surface area contributed by atoms with Gasteiger partial charge in [-0.15, -0.1) is 0 Å². The van der Waals surface area contributed by atoms with Gasteiger partial charge in [0, 0.05) is 0 Å². The van der Waals surface area contributed by atoms with Gasteiger partial charge in [-0.3, -0.25) is 0 Å². The van der Waals surface area contributed by atoms with Gasteiger partial charge in [0.15, 0.2) is 0 Å². The number of aliphatic hydroxyl groups is 1. The molecule has 0 saturated heterocycles. The molecule has 0 radical (unpaired) electrons. The molecule has 0 aromatic heterocycles. The molecule has 0 spiro atoms. The van der Waals surface area contributed by atoms with Gasteiger partial charge in [0.05, 0.1) is 6.10 Å². The van der Waals surface area contributed by atoms with Gasteiger partial charge in [0.2, 0.25) is 0 Å². The zero-order chi connectivity index (χ0) is 14.8. The molecule has 1 aromatic rings. The van der Waals surface area contributed by atoms with E-state index in [9.17, 15) is 5.11 Å². The second-order valence-electron chi connectivity index (χ2n) is 7.26. The zero-order valence-electron chi connectivity index (χ0n) is 13.6. The van der Waals surface area contributed by atoms with E-state index in [0.717, 1.165) is 6.42 Å². The maximum absolute atomic E-state index is 11.0.